The number of carbonyl (C=O) groups excluding carboxylic acids is 2. The van der Waals surface area contributed by atoms with Gasteiger partial charge < -0.3 is 15.5 Å². The number of hydrogen-bond donors (Lipinski definition) is 2. The van der Waals surface area contributed by atoms with Crippen LogP contribution in [0.15, 0.2) is 78.2 Å². The van der Waals surface area contributed by atoms with Crippen molar-refractivity contribution in [2.45, 2.75) is 6.42 Å². The normalized spacial score (nSPS) is 10.9. The molecule has 0 saturated heterocycles. The molecule has 0 aliphatic heterocycles. The summed E-state index contributed by atoms with van der Waals surface area (Å²) >= 11 is 3.12. The number of thiophene rings is 2. The fraction of sp³-hybridized carbons (Fsp3) is 0.185. The van der Waals surface area contributed by atoms with Crippen LogP contribution in [-0.4, -0.2) is 43.9 Å². The van der Waals surface area contributed by atoms with E-state index in [1.807, 2.05) is 92.3 Å². The SMILES string of the molecule is CN(C)CCCNC(=O)c1ccc(-c2ccc(NC(=O)c3cccc(-c4cccs4)c3)cc2)s1. The van der Waals surface area contributed by atoms with Gasteiger partial charge in [0, 0.05) is 27.5 Å². The molecule has 5 nitrogen and oxygen atoms in total. The maximum absolute atomic E-state index is 12.8. The van der Waals surface area contributed by atoms with E-state index >= 15 is 0 Å². The summed E-state index contributed by atoms with van der Waals surface area (Å²) < 4.78 is 0. The number of nitrogens with zero attached hydrogens (tertiary/aromatic N) is 1. The van der Waals surface area contributed by atoms with Crippen molar-refractivity contribution in [3.8, 4) is 20.9 Å². The number of carbonyl (C=O) groups is 2. The smallest absolute Gasteiger partial charge is 0.261 e. The van der Waals surface area contributed by atoms with E-state index in [4.69, 9.17) is 0 Å². The number of amides is 2. The van der Waals surface area contributed by atoms with Crippen molar-refractivity contribution >= 4 is 40.2 Å². The minimum atomic E-state index is -0.143. The third-order valence-electron chi connectivity index (χ3n) is 5.26. The predicted molar refractivity (Wildman–Crippen MR) is 143 cm³/mol. The van der Waals surface area contributed by atoms with Gasteiger partial charge in [-0.05, 0) is 86.0 Å². The van der Waals surface area contributed by atoms with Gasteiger partial charge in [-0.1, -0.05) is 30.3 Å². The molecule has 0 aliphatic rings. The maximum Gasteiger partial charge on any atom is 0.261 e. The highest BCUT2D eigenvalue weighted by Gasteiger charge is 2.11. The summed E-state index contributed by atoms with van der Waals surface area (Å²) in [4.78, 5) is 30.1. The van der Waals surface area contributed by atoms with Gasteiger partial charge in [0.15, 0.2) is 0 Å². The van der Waals surface area contributed by atoms with Crippen molar-refractivity contribution in [3.63, 3.8) is 0 Å². The molecular weight excluding hydrogens is 462 g/mol. The van der Waals surface area contributed by atoms with Gasteiger partial charge >= 0.3 is 0 Å². The van der Waals surface area contributed by atoms with Crippen molar-refractivity contribution < 1.29 is 9.59 Å². The first kappa shape index (κ1) is 23.9. The topological polar surface area (TPSA) is 61.4 Å². The van der Waals surface area contributed by atoms with Crippen molar-refractivity contribution in [3.05, 3.63) is 88.6 Å². The van der Waals surface area contributed by atoms with Crippen LogP contribution in [0.5, 0.6) is 0 Å². The fourth-order valence-corrected chi connectivity index (χ4v) is 5.13. The number of hydrogen-bond acceptors (Lipinski definition) is 5. The van der Waals surface area contributed by atoms with Crippen LogP contribution >= 0.6 is 22.7 Å². The summed E-state index contributed by atoms with van der Waals surface area (Å²) in [6.45, 7) is 1.60. The Kier molecular flexibility index (Phi) is 7.90. The maximum atomic E-state index is 12.8. The summed E-state index contributed by atoms with van der Waals surface area (Å²) in [5.41, 5.74) is 3.39. The lowest BCUT2D eigenvalue weighted by atomic mass is 10.1. The van der Waals surface area contributed by atoms with E-state index in [-0.39, 0.29) is 11.8 Å². The van der Waals surface area contributed by atoms with Crippen molar-refractivity contribution in [2.75, 3.05) is 32.5 Å². The van der Waals surface area contributed by atoms with Gasteiger partial charge in [0.05, 0.1) is 4.88 Å². The number of anilines is 1. The van der Waals surface area contributed by atoms with Gasteiger partial charge in [-0.3, -0.25) is 9.59 Å². The Labute approximate surface area is 208 Å². The van der Waals surface area contributed by atoms with E-state index < -0.39 is 0 Å². The second kappa shape index (κ2) is 11.2. The summed E-state index contributed by atoms with van der Waals surface area (Å²) in [5, 5.41) is 7.97. The van der Waals surface area contributed by atoms with Crippen molar-refractivity contribution in [1.29, 1.82) is 0 Å². The summed E-state index contributed by atoms with van der Waals surface area (Å²) in [6, 6.07) is 23.2. The standard InChI is InChI=1S/C27H27N3O2S2/c1-30(2)16-5-15-28-27(32)25-14-13-24(34-25)19-9-11-22(12-10-19)29-26(31)21-7-3-6-20(18-21)23-8-4-17-33-23/h3-4,6-14,17-18H,5,15-16H2,1-2H3,(H,28,32)(H,29,31). The van der Waals surface area contributed by atoms with Gasteiger partial charge in [-0.15, -0.1) is 22.7 Å². The summed E-state index contributed by atoms with van der Waals surface area (Å²) in [7, 11) is 4.04. The van der Waals surface area contributed by atoms with E-state index in [9.17, 15) is 9.59 Å². The largest absolute Gasteiger partial charge is 0.351 e. The zero-order valence-electron chi connectivity index (χ0n) is 19.2. The molecule has 34 heavy (non-hydrogen) atoms. The van der Waals surface area contributed by atoms with E-state index in [0.717, 1.165) is 39.5 Å². The van der Waals surface area contributed by atoms with Crippen LogP contribution < -0.4 is 10.6 Å². The van der Waals surface area contributed by atoms with Gasteiger partial charge in [0.2, 0.25) is 0 Å². The number of benzene rings is 2. The van der Waals surface area contributed by atoms with Gasteiger partial charge in [0.1, 0.15) is 0 Å². The van der Waals surface area contributed by atoms with Crippen molar-refractivity contribution in [1.82, 2.24) is 10.2 Å². The predicted octanol–water partition coefficient (Wildman–Crippen LogP) is 6.08. The number of nitrogens with one attached hydrogen (secondary N) is 2. The molecule has 2 aromatic heterocycles. The molecular formula is C27H27N3O2S2. The first-order chi connectivity index (χ1) is 16.5. The first-order valence-electron chi connectivity index (χ1n) is 11.1. The number of rotatable bonds is 9. The van der Waals surface area contributed by atoms with Gasteiger partial charge in [-0.25, -0.2) is 0 Å². The quantitative estimate of drug-likeness (QED) is 0.280. The second-order valence-electron chi connectivity index (χ2n) is 8.17. The van der Waals surface area contributed by atoms with Gasteiger partial charge in [0.25, 0.3) is 11.8 Å². The van der Waals surface area contributed by atoms with Crippen LogP contribution in [0.2, 0.25) is 0 Å². The van der Waals surface area contributed by atoms with Crippen LogP contribution in [0.3, 0.4) is 0 Å². The molecule has 0 atom stereocenters. The minimum absolute atomic E-state index is 0.0383. The third kappa shape index (κ3) is 6.20. The highest BCUT2D eigenvalue weighted by Crippen LogP contribution is 2.29. The summed E-state index contributed by atoms with van der Waals surface area (Å²) in [6.07, 6.45) is 0.919. The molecule has 174 valence electrons. The van der Waals surface area contributed by atoms with Crippen LogP contribution in [0, 0.1) is 0 Å². The van der Waals surface area contributed by atoms with E-state index in [0.29, 0.717) is 17.0 Å². The molecule has 0 aliphatic carbocycles. The molecule has 7 heteroatoms. The molecule has 0 saturated carbocycles. The van der Waals surface area contributed by atoms with E-state index in [1.165, 1.54) is 11.3 Å². The Morgan fingerprint density at radius 1 is 0.853 bits per heavy atom. The molecule has 0 spiro atoms. The highest BCUT2D eigenvalue weighted by molar-refractivity contribution is 7.17. The van der Waals surface area contributed by atoms with Crippen LogP contribution in [0.1, 0.15) is 26.5 Å². The second-order valence-corrected chi connectivity index (χ2v) is 10.2. The van der Waals surface area contributed by atoms with Crippen LogP contribution in [-0.2, 0) is 0 Å². The molecule has 0 fully saturated rings. The Hall–Kier alpha value is -3.26. The Morgan fingerprint density at radius 3 is 2.41 bits per heavy atom. The highest BCUT2D eigenvalue weighted by atomic mass is 32.1. The molecule has 2 heterocycles. The first-order valence-corrected chi connectivity index (χ1v) is 12.8. The zero-order chi connectivity index (χ0) is 23.9. The van der Waals surface area contributed by atoms with Crippen molar-refractivity contribution in [2.24, 2.45) is 0 Å². The van der Waals surface area contributed by atoms with Gasteiger partial charge in [-0.2, -0.15) is 0 Å². The van der Waals surface area contributed by atoms with Crippen LogP contribution in [0.4, 0.5) is 5.69 Å². The van der Waals surface area contributed by atoms with Crippen LogP contribution in [0.25, 0.3) is 20.9 Å². The monoisotopic (exact) mass is 489 g/mol. The molecule has 0 unspecified atom stereocenters. The molecule has 0 radical (unpaired) electrons. The molecule has 2 amide bonds. The minimum Gasteiger partial charge on any atom is -0.351 e. The zero-order valence-corrected chi connectivity index (χ0v) is 20.8. The Morgan fingerprint density at radius 2 is 1.68 bits per heavy atom. The molecule has 2 N–H and O–H groups in total. The molecule has 0 bridgehead atoms. The lowest BCUT2D eigenvalue weighted by molar-refractivity contribution is 0.0955. The Balaban J connectivity index is 1.36. The average molecular weight is 490 g/mol. The summed E-state index contributed by atoms with van der Waals surface area (Å²) in [5.74, 6) is -0.181. The fourth-order valence-electron chi connectivity index (χ4n) is 3.48. The third-order valence-corrected chi connectivity index (χ3v) is 7.31. The average Bonchev–Trinajstić information content (AvgIpc) is 3.55. The van der Waals surface area contributed by atoms with E-state index in [1.54, 1.807) is 11.3 Å². The molecule has 4 rings (SSSR count). The lowest BCUT2D eigenvalue weighted by Crippen LogP contribution is -2.26. The molecule has 4 aromatic rings. The lowest BCUT2D eigenvalue weighted by Gasteiger charge is -2.09. The van der Waals surface area contributed by atoms with E-state index in [2.05, 4.69) is 15.5 Å². The molecule has 2 aromatic carbocycles. The Bertz CT molecular complexity index is 1250.